The summed E-state index contributed by atoms with van der Waals surface area (Å²) in [7, 11) is -3.28. The van der Waals surface area contributed by atoms with Crippen LogP contribution in [-0.2, 0) is 14.8 Å². The van der Waals surface area contributed by atoms with Gasteiger partial charge in [-0.25, -0.2) is 8.42 Å². The van der Waals surface area contributed by atoms with E-state index in [9.17, 15) is 13.2 Å². The molecular formula is C11H23N3O3S. The number of hydrogen-bond acceptors (Lipinski definition) is 4. The highest BCUT2D eigenvalue weighted by Gasteiger charge is 2.24. The quantitative estimate of drug-likeness (QED) is 0.617. The summed E-state index contributed by atoms with van der Waals surface area (Å²) in [6.45, 7) is 5.04. The van der Waals surface area contributed by atoms with E-state index >= 15 is 0 Å². The zero-order chi connectivity index (χ0) is 13.4. The van der Waals surface area contributed by atoms with Crippen LogP contribution in [0.2, 0.25) is 0 Å². The van der Waals surface area contributed by atoms with Crippen molar-refractivity contribution in [3.05, 3.63) is 0 Å². The minimum absolute atomic E-state index is 0.0516. The molecule has 0 aromatic rings. The summed E-state index contributed by atoms with van der Waals surface area (Å²) in [6, 6.07) is 0. The molecule has 0 bridgehead atoms. The molecular weight excluding hydrogens is 254 g/mol. The third kappa shape index (κ3) is 5.32. The van der Waals surface area contributed by atoms with E-state index in [4.69, 9.17) is 0 Å². The van der Waals surface area contributed by atoms with Crippen molar-refractivity contribution in [2.75, 3.05) is 38.5 Å². The van der Waals surface area contributed by atoms with Gasteiger partial charge in [-0.15, -0.1) is 0 Å². The van der Waals surface area contributed by atoms with E-state index in [-0.39, 0.29) is 18.1 Å². The molecule has 0 atom stereocenters. The summed E-state index contributed by atoms with van der Waals surface area (Å²) in [5.74, 6) is -0.271. The molecule has 18 heavy (non-hydrogen) atoms. The second-order valence-electron chi connectivity index (χ2n) is 4.42. The number of rotatable bonds is 7. The zero-order valence-electron chi connectivity index (χ0n) is 10.9. The first-order valence-electron chi connectivity index (χ1n) is 6.51. The van der Waals surface area contributed by atoms with Crippen molar-refractivity contribution in [2.24, 2.45) is 0 Å². The van der Waals surface area contributed by atoms with Gasteiger partial charge in [-0.1, -0.05) is 13.3 Å². The molecule has 0 spiro atoms. The monoisotopic (exact) mass is 277 g/mol. The number of unbranched alkanes of at least 4 members (excludes halogenated alkanes) is 1. The van der Waals surface area contributed by atoms with Gasteiger partial charge in [-0.05, 0) is 6.42 Å². The molecule has 7 heteroatoms. The van der Waals surface area contributed by atoms with Gasteiger partial charge in [0.25, 0.3) is 0 Å². The van der Waals surface area contributed by atoms with Crippen LogP contribution in [0.25, 0.3) is 0 Å². The van der Waals surface area contributed by atoms with E-state index in [0.717, 1.165) is 12.8 Å². The number of carbonyl (C=O) groups is 1. The Morgan fingerprint density at radius 2 is 2.00 bits per heavy atom. The molecule has 1 amide bonds. The lowest BCUT2D eigenvalue weighted by Crippen LogP contribution is -2.47. The molecule has 0 aromatic heterocycles. The Morgan fingerprint density at radius 1 is 1.33 bits per heavy atom. The van der Waals surface area contributed by atoms with E-state index in [1.807, 2.05) is 6.92 Å². The van der Waals surface area contributed by atoms with Gasteiger partial charge in [0.1, 0.15) is 0 Å². The Hall–Kier alpha value is -0.660. The lowest BCUT2D eigenvalue weighted by molar-refractivity contribution is -0.120. The maximum absolute atomic E-state index is 11.9. The fraction of sp³-hybridized carbons (Fsp3) is 0.909. The van der Waals surface area contributed by atoms with Gasteiger partial charge in [0.05, 0.1) is 5.75 Å². The minimum atomic E-state index is -3.28. The van der Waals surface area contributed by atoms with Crippen molar-refractivity contribution in [1.82, 2.24) is 14.9 Å². The average Bonchev–Trinajstić information content (AvgIpc) is 2.38. The molecule has 1 saturated heterocycles. The molecule has 2 N–H and O–H groups in total. The van der Waals surface area contributed by atoms with Crippen molar-refractivity contribution in [3.63, 3.8) is 0 Å². The third-order valence-electron chi connectivity index (χ3n) is 2.91. The molecule has 1 rings (SSSR count). The number of amides is 1. The molecule has 0 unspecified atom stereocenters. The van der Waals surface area contributed by atoms with Crippen molar-refractivity contribution < 1.29 is 13.2 Å². The zero-order valence-corrected chi connectivity index (χ0v) is 11.8. The maximum Gasteiger partial charge on any atom is 0.221 e. The van der Waals surface area contributed by atoms with Crippen LogP contribution in [0, 0.1) is 0 Å². The molecule has 1 fully saturated rings. The number of nitrogens with zero attached hydrogens (tertiary/aromatic N) is 1. The van der Waals surface area contributed by atoms with Crippen molar-refractivity contribution in [1.29, 1.82) is 0 Å². The van der Waals surface area contributed by atoms with Gasteiger partial charge in [-0.3, -0.25) is 4.79 Å². The summed E-state index contributed by atoms with van der Waals surface area (Å²) < 4.78 is 25.3. The Labute approximate surface area is 109 Å². The highest BCUT2D eigenvalue weighted by atomic mass is 32.2. The van der Waals surface area contributed by atoms with Crippen LogP contribution in [0.5, 0.6) is 0 Å². The summed E-state index contributed by atoms with van der Waals surface area (Å²) in [5.41, 5.74) is 0. The topological polar surface area (TPSA) is 78.5 Å². The van der Waals surface area contributed by atoms with Crippen LogP contribution in [0.15, 0.2) is 0 Å². The van der Waals surface area contributed by atoms with E-state index in [1.165, 1.54) is 4.31 Å². The largest absolute Gasteiger partial charge is 0.356 e. The van der Waals surface area contributed by atoms with Crippen LogP contribution < -0.4 is 10.6 Å². The van der Waals surface area contributed by atoms with Crippen LogP contribution in [0.1, 0.15) is 26.2 Å². The fourth-order valence-electron chi connectivity index (χ4n) is 1.77. The van der Waals surface area contributed by atoms with Crippen molar-refractivity contribution in [2.45, 2.75) is 26.2 Å². The first kappa shape index (κ1) is 15.4. The van der Waals surface area contributed by atoms with Crippen LogP contribution in [0.3, 0.4) is 0 Å². The number of hydrogen-bond donors (Lipinski definition) is 2. The summed E-state index contributed by atoms with van der Waals surface area (Å²) in [4.78, 5) is 11.4. The van der Waals surface area contributed by atoms with Crippen molar-refractivity contribution in [3.8, 4) is 0 Å². The van der Waals surface area contributed by atoms with Gasteiger partial charge in [0.2, 0.25) is 15.9 Å². The van der Waals surface area contributed by atoms with Gasteiger partial charge in [0, 0.05) is 39.1 Å². The van der Waals surface area contributed by atoms with Gasteiger partial charge < -0.3 is 10.6 Å². The van der Waals surface area contributed by atoms with Gasteiger partial charge in [-0.2, -0.15) is 4.31 Å². The van der Waals surface area contributed by atoms with Crippen LogP contribution in [0.4, 0.5) is 0 Å². The number of piperazine rings is 1. The Morgan fingerprint density at radius 3 is 2.61 bits per heavy atom. The minimum Gasteiger partial charge on any atom is -0.356 e. The van der Waals surface area contributed by atoms with E-state index in [2.05, 4.69) is 10.6 Å². The number of carbonyl (C=O) groups excluding carboxylic acids is 1. The molecule has 0 aromatic carbocycles. The molecule has 0 saturated carbocycles. The first-order valence-corrected chi connectivity index (χ1v) is 8.12. The van der Waals surface area contributed by atoms with Gasteiger partial charge in [0.15, 0.2) is 0 Å². The van der Waals surface area contributed by atoms with Gasteiger partial charge >= 0.3 is 0 Å². The Balaban J connectivity index is 2.30. The Kier molecular flexibility index (Phi) is 6.59. The highest BCUT2D eigenvalue weighted by Crippen LogP contribution is 2.04. The lowest BCUT2D eigenvalue weighted by Gasteiger charge is -2.26. The van der Waals surface area contributed by atoms with Crippen molar-refractivity contribution >= 4 is 15.9 Å². The molecule has 0 radical (unpaired) electrons. The molecule has 1 aliphatic heterocycles. The van der Waals surface area contributed by atoms with Crippen LogP contribution in [-0.4, -0.2) is 57.1 Å². The van der Waals surface area contributed by atoms with E-state index < -0.39 is 10.0 Å². The summed E-state index contributed by atoms with van der Waals surface area (Å²) >= 11 is 0. The molecule has 1 aliphatic rings. The summed E-state index contributed by atoms with van der Waals surface area (Å²) in [6.07, 6.45) is 1.99. The second-order valence-corrected chi connectivity index (χ2v) is 6.51. The van der Waals surface area contributed by atoms with E-state index in [1.54, 1.807) is 0 Å². The first-order chi connectivity index (χ1) is 8.56. The maximum atomic E-state index is 11.9. The predicted octanol–water partition coefficient (Wildman–Crippen LogP) is -0.472. The number of sulfonamides is 1. The normalized spacial score (nSPS) is 17.6. The summed E-state index contributed by atoms with van der Waals surface area (Å²) in [5, 5.41) is 5.83. The fourth-order valence-corrected chi connectivity index (χ4v) is 3.21. The number of nitrogens with one attached hydrogen (secondary N) is 2. The standard InChI is InChI=1S/C11H23N3O3S/c1-2-3-5-13-11(15)4-10-18(16,17)14-8-6-12-7-9-14/h12H,2-10H2,1H3,(H,13,15). The third-order valence-corrected chi connectivity index (χ3v) is 4.78. The second kappa shape index (κ2) is 7.70. The smallest absolute Gasteiger partial charge is 0.221 e. The molecule has 6 nitrogen and oxygen atoms in total. The average molecular weight is 277 g/mol. The molecule has 0 aliphatic carbocycles. The Bertz CT molecular complexity index is 351. The SMILES string of the molecule is CCCCNC(=O)CCS(=O)(=O)N1CCNCC1. The predicted molar refractivity (Wildman–Crippen MR) is 70.8 cm³/mol. The van der Waals surface area contributed by atoms with E-state index in [0.29, 0.717) is 32.7 Å². The van der Waals surface area contributed by atoms with Crippen LogP contribution >= 0.6 is 0 Å². The lowest BCUT2D eigenvalue weighted by atomic mass is 10.3. The molecule has 1 heterocycles. The molecule has 106 valence electrons. The highest BCUT2D eigenvalue weighted by molar-refractivity contribution is 7.89.